The van der Waals surface area contributed by atoms with Crippen LogP contribution >= 0.6 is 0 Å². The summed E-state index contributed by atoms with van der Waals surface area (Å²) in [6.07, 6.45) is 11.4. The Labute approximate surface area is 210 Å². The van der Waals surface area contributed by atoms with Crippen molar-refractivity contribution in [1.29, 1.82) is 0 Å². The number of aliphatic hydroxyl groups is 1. The monoisotopic (exact) mass is 477 g/mol. The standard InChI is InChI=1S/C30H43N3O2/c1-28(2)26-12-13-30(35-28,20-29(26,32)14-15-34)25-10-9-23(16-21-6-4-3-5-7-21)24(18-25)17-22-8-11-27(31)33-19-22/h3-8,11,19,23-26,34H,9-10,12-18,20,32H2,1-2H3,(H2,31,33). The zero-order chi connectivity index (χ0) is 24.7. The maximum atomic E-state index is 9.84. The molecule has 1 aromatic carbocycles. The van der Waals surface area contributed by atoms with E-state index in [9.17, 15) is 5.11 Å². The highest BCUT2D eigenvalue weighted by atomic mass is 16.5. The fraction of sp³-hybridized carbons (Fsp3) is 0.633. The van der Waals surface area contributed by atoms with Gasteiger partial charge in [-0.05, 0) is 107 Å². The van der Waals surface area contributed by atoms with Crippen LogP contribution in [0.1, 0.15) is 69.9 Å². The number of benzene rings is 1. The number of nitrogens with zero attached hydrogens (tertiary/aromatic N) is 1. The van der Waals surface area contributed by atoms with E-state index in [0.29, 0.717) is 35.9 Å². The van der Waals surface area contributed by atoms with Crippen LogP contribution in [0.3, 0.4) is 0 Å². The first kappa shape index (κ1) is 24.7. The summed E-state index contributed by atoms with van der Waals surface area (Å²) in [7, 11) is 0. The molecule has 35 heavy (non-hydrogen) atoms. The largest absolute Gasteiger partial charge is 0.396 e. The molecule has 6 rings (SSSR count). The van der Waals surface area contributed by atoms with Crippen molar-refractivity contribution < 1.29 is 9.84 Å². The van der Waals surface area contributed by atoms with Gasteiger partial charge in [-0.2, -0.15) is 0 Å². The minimum Gasteiger partial charge on any atom is -0.396 e. The maximum absolute atomic E-state index is 9.84. The Morgan fingerprint density at radius 1 is 1.00 bits per heavy atom. The molecule has 2 aromatic rings. The minimum absolute atomic E-state index is 0.149. The van der Waals surface area contributed by atoms with Gasteiger partial charge < -0.3 is 21.3 Å². The van der Waals surface area contributed by atoms with Crippen LogP contribution < -0.4 is 11.5 Å². The van der Waals surface area contributed by atoms with Crippen molar-refractivity contribution in [3.63, 3.8) is 0 Å². The number of fused-ring (bicyclic) bond motifs is 3. The van der Waals surface area contributed by atoms with Gasteiger partial charge in [0.1, 0.15) is 5.82 Å². The molecule has 2 aliphatic heterocycles. The Morgan fingerprint density at radius 3 is 2.46 bits per heavy atom. The molecule has 0 amide bonds. The summed E-state index contributed by atoms with van der Waals surface area (Å²) < 4.78 is 7.02. The van der Waals surface area contributed by atoms with Crippen molar-refractivity contribution in [2.45, 2.75) is 88.4 Å². The highest BCUT2D eigenvalue weighted by Crippen LogP contribution is 2.60. The van der Waals surface area contributed by atoms with Crippen LogP contribution in [0.4, 0.5) is 5.82 Å². The summed E-state index contributed by atoms with van der Waals surface area (Å²) in [5.74, 6) is 2.56. The Morgan fingerprint density at radius 2 is 1.77 bits per heavy atom. The normalized spacial score (nSPS) is 36.2. The van der Waals surface area contributed by atoms with Gasteiger partial charge in [-0.15, -0.1) is 0 Å². The molecule has 0 spiro atoms. The van der Waals surface area contributed by atoms with Gasteiger partial charge in [0, 0.05) is 24.3 Å². The first-order valence-electron chi connectivity index (χ1n) is 13.6. The predicted octanol–water partition coefficient (Wildman–Crippen LogP) is 4.91. The molecule has 0 radical (unpaired) electrons. The third-order valence-corrected chi connectivity index (χ3v) is 9.63. The second kappa shape index (κ2) is 9.49. The van der Waals surface area contributed by atoms with Gasteiger partial charge in [0.2, 0.25) is 0 Å². The number of nitrogen functional groups attached to an aromatic ring is 1. The average molecular weight is 478 g/mol. The maximum Gasteiger partial charge on any atom is 0.123 e. The van der Waals surface area contributed by atoms with E-state index in [2.05, 4.69) is 55.2 Å². The third kappa shape index (κ3) is 4.87. The predicted molar refractivity (Wildman–Crippen MR) is 141 cm³/mol. The van der Waals surface area contributed by atoms with E-state index in [1.165, 1.54) is 24.0 Å². The number of nitrogens with two attached hydrogens (primary N) is 2. The zero-order valence-corrected chi connectivity index (χ0v) is 21.5. The zero-order valence-electron chi connectivity index (χ0n) is 21.5. The van der Waals surface area contributed by atoms with E-state index in [-0.39, 0.29) is 23.3 Å². The van der Waals surface area contributed by atoms with E-state index in [1.807, 2.05) is 12.3 Å². The summed E-state index contributed by atoms with van der Waals surface area (Å²) in [4.78, 5) is 4.37. The summed E-state index contributed by atoms with van der Waals surface area (Å²) in [6.45, 7) is 4.60. The number of ether oxygens (including phenoxy) is 1. The van der Waals surface area contributed by atoms with E-state index in [4.69, 9.17) is 16.2 Å². The number of hydrogen-bond donors (Lipinski definition) is 3. The van der Waals surface area contributed by atoms with Crippen molar-refractivity contribution in [3.05, 3.63) is 59.8 Å². The lowest BCUT2D eigenvalue weighted by Crippen LogP contribution is -2.72. The number of rotatable bonds is 7. The number of anilines is 1. The molecule has 2 saturated carbocycles. The average Bonchev–Trinajstić information content (AvgIpc) is 2.81. The van der Waals surface area contributed by atoms with Crippen molar-refractivity contribution >= 4 is 5.82 Å². The van der Waals surface area contributed by atoms with Crippen LogP contribution in [0.15, 0.2) is 48.7 Å². The molecular weight excluding hydrogens is 434 g/mol. The lowest BCUT2D eigenvalue weighted by molar-refractivity contribution is -0.288. The summed E-state index contributed by atoms with van der Waals surface area (Å²) >= 11 is 0. The molecule has 6 atom stereocenters. The van der Waals surface area contributed by atoms with Gasteiger partial charge >= 0.3 is 0 Å². The second-order valence-electron chi connectivity index (χ2n) is 12.3. The number of pyridine rings is 1. The van der Waals surface area contributed by atoms with Crippen LogP contribution in [-0.4, -0.2) is 33.4 Å². The highest BCUT2D eigenvalue weighted by molar-refractivity contribution is 5.29. The second-order valence-corrected chi connectivity index (χ2v) is 12.3. The molecule has 190 valence electrons. The van der Waals surface area contributed by atoms with Gasteiger partial charge in [-0.1, -0.05) is 36.4 Å². The third-order valence-electron chi connectivity index (χ3n) is 9.63. The quantitative estimate of drug-likeness (QED) is 0.527. The minimum atomic E-state index is -0.341. The first-order valence-corrected chi connectivity index (χ1v) is 13.6. The summed E-state index contributed by atoms with van der Waals surface area (Å²) in [6, 6.07) is 15.0. The van der Waals surface area contributed by atoms with E-state index in [1.54, 1.807) is 0 Å². The first-order chi connectivity index (χ1) is 16.7. The van der Waals surface area contributed by atoms with Crippen molar-refractivity contribution in [1.82, 2.24) is 4.98 Å². The summed E-state index contributed by atoms with van der Waals surface area (Å²) in [5.41, 5.74) is 14.8. The van der Waals surface area contributed by atoms with Crippen LogP contribution in [-0.2, 0) is 17.6 Å². The molecule has 5 N–H and O–H groups in total. The van der Waals surface area contributed by atoms with E-state index < -0.39 is 0 Å². The number of aliphatic hydroxyl groups excluding tert-OH is 1. The molecule has 2 saturated heterocycles. The van der Waals surface area contributed by atoms with Crippen LogP contribution in [0, 0.1) is 23.7 Å². The Balaban J connectivity index is 1.41. The van der Waals surface area contributed by atoms with Gasteiger partial charge in [0.25, 0.3) is 0 Å². The van der Waals surface area contributed by atoms with Gasteiger partial charge in [-0.3, -0.25) is 0 Å². The lowest BCUT2D eigenvalue weighted by atomic mass is 9.52. The number of aromatic nitrogens is 1. The molecule has 4 aliphatic rings. The van der Waals surface area contributed by atoms with Gasteiger partial charge in [-0.25, -0.2) is 4.98 Å². The molecule has 3 heterocycles. The van der Waals surface area contributed by atoms with Gasteiger partial charge in [0.05, 0.1) is 11.2 Å². The molecule has 6 unspecified atom stereocenters. The molecular formula is C30H43N3O2. The van der Waals surface area contributed by atoms with Gasteiger partial charge in [0.15, 0.2) is 0 Å². The highest BCUT2D eigenvalue weighted by Gasteiger charge is 2.63. The van der Waals surface area contributed by atoms with Crippen LogP contribution in [0.2, 0.25) is 0 Å². The summed E-state index contributed by atoms with van der Waals surface area (Å²) in [5, 5.41) is 9.84. The molecule has 5 heteroatoms. The van der Waals surface area contributed by atoms with Crippen LogP contribution in [0.25, 0.3) is 0 Å². The molecule has 1 aromatic heterocycles. The van der Waals surface area contributed by atoms with Crippen LogP contribution in [0.5, 0.6) is 0 Å². The Hall–Kier alpha value is -1.95. The fourth-order valence-electron chi connectivity index (χ4n) is 8.17. The Kier molecular flexibility index (Phi) is 6.71. The Bertz CT molecular complexity index is 994. The molecule has 2 aliphatic carbocycles. The van der Waals surface area contributed by atoms with E-state index in [0.717, 1.165) is 38.5 Å². The van der Waals surface area contributed by atoms with E-state index >= 15 is 0 Å². The topological polar surface area (TPSA) is 94.4 Å². The number of hydrogen-bond acceptors (Lipinski definition) is 5. The molecule has 5 nitrogen and oxygen atoms in total. The lowest BCUT2D eigenvalue weighted by Gasteiger charge is -2.65. The van der Waals surface area contributed by atoms with Crippen molar-refractivity contribution in [2.24, 2.45) is 29.4 Å². The molecule has 2 bridgehead atoms. The van der Waals surface area contributed by atoms with Crippen molar-refractivity contribution in [3.8, 4) is 0 Å². The fourth-order valence-corrected chi connectivity index (χ4v) is 8.17. The smallest absolute Gasteiger partial charge is 0.123 e. The SMILES string of the molecule is CC1(C)OC2(C3CCC(Cc4ccccc4)C(Cc4ccc(N)nc4)C3)CCC1C(N)(CCO)C2. The van der Waals surface area contributed by atoms with Crippen molar-refractivity contribution in [2.75, 3.05) is 12.3 Å². The molecule has 4 fully saturated rings.